The maximum atomic E-state index is 14.7. The molecular weight excluding hydrogens is 375 g/mol. The van der Waals surface area contributed by atoms with Crippen LogP contribution in [-0.2, 0) is 20.7 Å². The smallest absolute Gasteiger partial charge is 0.408 e. The van der Waals surface area contributed by atoms with Gasteiger partial charge in [0.05, 0.1) is 18.7 Å². The molecule has 0 bridgehead atoms. The van der Waals surface area contributed by atoms with E-state index in [0.717, 1.165) is 12.0 Å². The maximum Gasteiger partial charge on any atom is 0.408 e. The fourth-order valence-corrected chi connectivity index (χ4v) is 3.81. The third kappa shape index (κ3) is 4.96. The first kappa shape index (κ1) is 21.3. The number of carbonyl (C=O) groups excluding carboxylic acids is 2. The molecule has 0 spiro atoms. The molecule has 4 atom stereocenters. The summed E-state index contributed by atoms with van der Waals surface area (Å²) in [6, 6.07) is 6.85. The van der Waals surface area contributed by atoms with E-state index in [0.29, 0.717) is 6.54 Å². The molecule has 7 heteroatoms. The maximum absolute atomic E-state index is 14.7. The number of carbonyl (C=O) groups is 2. The summed E-state index contributed by atoms with van der Waals surface area (Å²) in [6.07, 6.45) is -0.613. The number of fused-ring (bicyclic) bond motifs is 1. The number of nitrogens with zero attached hydrogens (tertiary/aromatic N) is 1. The predicted molar refractivity (Wildman–Crippen MR) is 107 cm³/mol. The van der Waals surface area contributed by atoms with E-state index in [1.807, 2.05) is 18.2 Å². The molecule has 158 valence electrons. The zero-order chi connectivity index (χ0) is 21.2. The molecule has 0 aliphatic carbocycles. The van der Waals surface area contributed by atoms with Crippen LogP contribution in [0, 0.1) is 0 Å². The van der Waals surface area contributed by atoms with Crippen molar-refractivity contribution >= 4 is 12.0 Å². The second kappa shape index (κ2) is 8.53. The number of benzene rings is 1. The molecule has 1 aromatic carbocycles. The van der Waals surface area contributed by atoms with E-state index in [9.17, 15) is 14.0 Å². The van der Waals surface area contributed by atoms with E-state index in [-0.39, 0.29) is 25.0 Å². The monoisotopic (exact) mass is 404 g/mol. The van der Waals surface area contributed by atoms with Crippen molar-refractivity contribution in [3.63, 3.8) is 0 Å². The molecule has 0 saturated carbocycles. The van der Waals surface area contributed by atoms with Crippen LogP contribution in [0.15, 0.2) is 36.9 Å². The minimum absolute atomic E-state index is 0.0833. The Morgan fingerprint density at radius 3 is 2.72 bits per heavy atom. The SMILES string of the molecule is C=C[C@H]1c2ccccc2CCN1C(=O)[C@H]1C[C@@H](F)[C@H](NC(=O)OC(C)(C)C)CO1. The van der Waals surface area contributed by atoms with E-state index in [1.54, 1.807) is 31.7 Å². The van der Waals surface area contributed by atoms with E-state index in [2.05, 4.69) is 18.0 Å². The molecule has 3 rings (SSSR count). The van der Waals surface area contributed by atoms with Crippen molar-refractivity contribution in [3.8, 4) is 0 Å². The Bertz CT molecular complexity index is 776. The summed E-state index contributed by atoms with van der Waals surface area (Å²) in [6.45, 7) is 9.53. The van der Waals surface area contributed by atoms with Gasteiger partial charge in [0.15, 0.2) is 0 Å². The van der Waals surface area contributed by atoms with Crippen LogP contribution in [0.1, 0.15) is 44.4 Å². The number of hydrogen-bond donors (Lipinski definition) is 1. The molecule has 6 nitrogen and oxygen atoms in total. The molecule has 0 radical (unpaired) electrons. The van der Waals surface area contributed by atoms with Gasteiger partial charge in [-0.15, -0.1) is 6.58 Å². The van der Waals surface area contributed by atoms with Crippen molar-refractivity contribution in [3.05, 3.63) is 48.0 Å². The molecule has 1 fully saturated rings. The summed E-state index contributed by atoms with van der Waals surface area (Å²) in [4.78, 5) is 26.7. The van der Waals surface area contributed by atoms with Crippen LogP contribution >= 0.6 is 0 Å². The normalized spacial score (nSPS) is 27.0. The van der Waals surface area contributed by atoms with Gasteiger partial charge in [-0.3, -0.25) is 4.79 Å². The number of nitrogens with one attached hydrogen (secondary N) is 1. The highest BCUT2D eigenvalue weighted by molar-refractivity contribution is 5.82. The first-order valence-corrected chi connectivity index (χ1v) is 9.95. The van der Waals surface area contributed by atoms with Gasteiger partial charge in [-0.2, -0.15) is 0 Å². The zero-order valence-electron chi connectivity index (χ0n) is 17.2. The van der Waals surface area contributed by atoms with Crippen LogP contribution in [-0.4, -0.2) is 54.0 Å². The van der Waals surface area contributed by atoms with Gasteiger partial charge in [-0.05, 0) is 38.3 Å². The van der Waals surface area contributed by atoms with Gasteiger partial charge in [0.25, 0.3) is 5.91 Å². The van der Waals surface area contributed by atoms with Crippen LogP contribution in [0.2, 0.25) is 0 Å². The first-order chi connectivity index (χ1) is 13.7. The van der Waals surface area contributed by atoms with E-state index in [4.69, 9.17) is 9.47 Å². The van der Waals surface area contributed by atoms with Gasteiger partial charge in [0, 0.05) is 13.0 Å². The average molecular weight is 404 g/mol. The standard InChI is InChI=1S/C22H29FN2O4/c1-5-18-15-9-7-6-8-14(15)10-11-25(18)20(26)19-12-16(23)17(13-28-19)24-21(27)29-22(2,3)4/h5-9,16-19H,1,10-13H2,2-4H3,(H,24,27)/t16-,17-,18+,19-/m1/s1. The highest BCUT2D eigenvalue weighted by Crippen LogP contribution is 2.32. The number of amides is 2. The van der Waals surface area contributed by atoms with Crippen LogP contribution < -0.4 is 5.32 Å². The molecular formula is C22H29FN2O4. The Kier molecular flexibility index (Phi) is 6.27. The lowest BCUT2D eigenvalue weighted by atomic mass is 9.91. The van der Waals surface area contributed by atoms with Crippen LogP contribution in [0.4, 0.5) is 9.18 Å². The van der Waals surface area contributed by atoms with E-state index in [1.165, 1.54) is 5.56 Å². The molecule has 29 heavy (non-hydrogen) atoms. The van der Waals surface area contributed by atoms with Gasteiger partial charge < -0.3 is 19.7 Å². The molecule has 0 unspecified atom stereocenters. The third-order valence-electron chi connectivity index (χ3n) is 5.17. The summed E-state index contributed by atoms with van der Waals surface area (Å²) in [5.74, 6) is -0.247. The van der Waals surface area contributed by atoms with Crippen molar-refractivity contribution < 1.29 is 23.5 Å². The van der Waals surface area contributed by atoms with Crippen molar-refractivity contribution in [2.24, 2.45) is 0 Å². The van der Waals surface area contributed by atoms with Crippen molar-refractivity contribution in [2.75, 3.05) is 13.2 Å². The summed E-state index contributed by atoms with van der Waals surface area (Å²) in [5.41, 5.74) is 1.56. The minimum atomic E-state index is -1.40. The Hall–Kier alpha value is -2.41. The van der Waals surface area contributed by atoms with Gasteiger partial charge >= 0.3 is 6.09 Å². The number of alkyl carbamates (subject to hydrolysis) is 1. The highest BCUT2D eigenvalue weighted by Gasteiger charge is 2.40. The second-order valence-electron chi connectivity index (χ2n) is 8.49. The van der Waals surface area contributed by atoms with Crippen LogP contribution in [0.25, 0.3) is 0 Å². The first-order valence-electron chi connectivity index (χ1n) is 9.95. The largest absolute Gasteiger partial charge is 0.444 e. The average Bonchev–Trinajstić information content (AvgIpc) is 2.66. The zero-order valence-corrected chi connectivity index (χ0v) is 17.2. The number of hydrogen-bond acceptors (Lipinski definition) is 4. The van der Waals surface area contributed by atoms with Gasteiger partial charge in [0.2, 0.25) is 0 Å². The van der Waals surface area contributed by atoms with Crippen LogP contribution in [0.5, 0.6) is 0 Å². The summed E-state index contributed by atoms with van der Waals surface area (Å²) in [5, 5.41) is 2.49. The fourth-order valence-electron chi connectivity index (χ4n) is 3.81. The Labute approximate surface area is 171 Å². The van der Waals surface area contributed by atoms with Crippen molar-refractivity contribution in [2.45, 2.75) is 63.6 Å². The van der Waals surface area contributed by atoms with Gasteiger partial charge in [-0.25, -0.2) is 9.18 Å². The number of rotatable bonds is 3. The Balaban J connectivity index is 1.62. The molecule has 0 aromatic heterocycles. The summed E-state index contributed by atoms with van der Waals surface area (Å²) in [7, 11) is 0. The topological polar surface area (TPSA) is 67.9 Å². The Morgan fingerprint density at radius 2 is 2.07 bits per heavy atom. The number of halogens is 1. The second-order valence-corrected chi connectivity index (χ2v) is 8.49. The van der Waals surface area contributed by atoms with E-state index < -0.39 is 30.0 Å². The predicted octanol–water partition coefficient (Wildman–Crippen LogP) is 3.32. The molecule has 2 heterocycles. The quantitative estimate of drug-likeness (QED) is 0.785. The minimum Gasteiger partial charge on any atom is -0.444 e. The summed E-state index contributed by atoms with van der Waals surface area (Å²) < 4.78 is 25.5. The highest BCUT2D eigenvalue weighted by atomic mass is 19.1. The molecule has 2 amide bonds. The fraction of sp³-hybridized carbons (Fsp3) is 0.545. The van der Waals surface area contributed by atoms with Crippen molar-refractivity contribution in [1.82, 2.24) is 10.2 Å². The lowest BCUT2D eigenvalue weighted by Gasteiger charge is -2.39. The Morgan fingerprint density at radius 1 is 1.34 bits per heavy atom. The molecule has 1 saturated heterocycles. The lowest BCUT2D eigenvalue weighted by molar-refractivity contribution is -0.152. The van der Waals surface area contributed by atoms with E-state index >= 15 is 0 Å². The molecule has 2 aliphatic heterocycles. The molecule has 1 aromatic rings. The number of ether oxygens (including phenoxy) is 2. The summed E-state index contributed by atoms with van der Waals surface area (Å²) >= 11 is 0. The van der Waals surface area contributed by atoms with Gasteiger partial charge in [0.1, 0.15) is 17.9 Å². The molecule has 1 N–H and O–H groups in total. The van der Waals surface area contributed by atoms with Gasteiger partial charge in [-0.1, -0.05) is 30.3 Å². The molecule has 2 aliphatic rings. The van der Waals surface area contributed by atoms with Crippen molar-refractivity contribution in [1.29, 1.82) is 0 Å². The third-order valence-corrected chi connectivity index (χ3v) is 5.17. The lowest BCUT2D eigenvalue weighted by Crippen LogP contribution is -2.55. The number of alkyl halides is 1. The van der Waals surface area contributed by atoms with Crippen LogP contribution in [0.3, 0.4) is 0 Å².